The summed E-state index contributed by atoms with van der Waals surface area (Å²) in [7, 11) is 3.77. The van der Waals surface area contributed by atoms with E-state index in [0.29, 0.717) is 4.73 Å². The fourth-order valence-electron chi connectivity index (χ4n) is 3.89. The molecule has 2 aromatic carbocycles. The quantitative estimate of drug-likeness (QED) is 0.162. The third-order valence-electron chi connectivity index (χ3n) is 5.98. The van der Waals surface area contributed by atoms with Gasteiger partial charge in [0.25, 0.3) is 11.8 Å². The Morgan fingerprint density at radius 3 is 1.83 bits per heavy atom. The average Bonchev–Trinajstić information content (AvgIpc) is 2.89. The molecule has 220 valence electrons. The summed E-state index contributed by atoms with van der Waals surface area (Å²) < 4.78 is 99.3. The van der Waals surface area contributed by atoms with Gasteiger partial charge in [-0.3, -0.25) is 9.59 Å². The van der Waals surface area contributed by atoms with Gasteiger partial charge in [-0.05, 0) is 56.1 Å². The number of pyridine rings is 1. The normalized spacial score (nSPS) is 12.2. The van der Waals surface area contributed by atoms with Gasteiger partial charge in [-0.15, -0.1) is 0 Å². The molecule has 16 heteroatoms. The predicted octanol–water partition coefficient (Wildman–Crippen LogP) is 6.70. The van der Waals surface area contributed by atoms with Crippen molar-refractivity contribution in [2.75, 3.05) is 31.0 Å². The van der Waals surface area contributed by atoms with E-state index in [2.05, 4.69) is 31.9 Å². The number of para-hydroxylation sites is 1. The van der Waals surface area contributed by atoms with Crippen molar-refractivity contribution in [1.82, 2.24) is 0 Å². The summed E-state index contributed by atoms with van der Waals surface area (Å²) in [6.45, 7) is 0. The molecule has 0 aliphatic rings. The molecule has 1 heterocycles. The summed E-state index contributed by atoms with van der Waals surface area (Å²) in [5.74, 6) is -1.49. The number of hydrogen-bond donors (Lipinski definition) is 0. The van der Waals surface area contributed by atoms with E-state index in [1.807, 2.05) is 0 Å². The van der Waals surface area contributed by atoms with E-state index in [4.69, 9.17) is 4.74 Å². The molecule has 1 aromatic heterocycles. The highest BCUT2D eigenvalue weighted by molar-refractivity contribution is 9.11. The Morgan fingerprint density at radius 1 is 0.854 bits per heavy atom. The largest absolute Gasteiger partial charge is 0.619 e. The minimum absolute atomic E-state index is 0.0872. The first-order chi connectivity index (χ1) is 18.9. The third kappa shape index (κ3) is 5.84. The Hall–Kier alpha value is -3.40. The van der Waals surface area contributed by atoms with Crippen LogP contribution in [0.3, 0.4) is 0 Å². The van der Waals surface area contributed by atoms with Crippen molar-refractivity contribution in [3.63, 3.8) is 0 Å². The molecule has 0 bridgehead atoms. The molecule has 0 aliphatic heterocycles. The van der Waals surface area contributed by atoms with Gasteiger partial charge in [-0.2, -0.15) is 31.1 Å². The fraction of sp³-hybridized carbons (Fsp3) is 0.240. The number of carbonyl (C=O) groups excluding carboxylic acids is 2. The number of aromatic nitrogens is 1. The summed E-state index contributed by atoms with van der Waals surface area (Å²) in [6.07, 6.45) is -10.4. The molecule has 3 rings (SSSR count). The lowest BCUT2D eigenvalue weighted by Crippen LogP contribution is -2.50. The monoisotopic (exact) mass is 715 g/mol. The second-order valence-corrected chi connectivity index (χ2v) is 10.2. The van der Waals surface area contributed by atoms with Crippen LogP contribution in [-0.2, 0) is 5.67 Å². The van der Waals surface area contributed by atoms with Crippen molar-refractivity contribution >= 4 is 55.0 Å². The van der Waals surface area contributed by atoms with Crippen molar-refractivity contribution in [2.45, 2.75) is 18.0 Å². The minimum atomic E-state index is -6.33. The van der Waals surface area contributed by atoms with Crippen LogP contribution in [0, 0.1) is 5.21 Å². The van der Waals surface area contributed by atoms with E-state index < -0.39 is 44.3 Å². The number of carbonyl (C=O) groups is 2. The molecule has 0 radical (unpaired) electrons. The summed E-state index contributed by atoms with van der Waals surface area (Å²) in [4.78, 5) is 28.5. The zero-order chi connectivity index (χ0) is 31.1. The van der Waals surface area contributed by atoms with Crippen LogP contribution < -0.4 is 19.3 Å². The molecular formula is C25H18Br2F7N3O4. The molecule has 2 amide bonds. The van der Waals surface area contributed by atoms with Crippen molar-refractivity contribution < 1.29 is 49.8 Å². The molecular weight excluding hydrogens is 699 g/mol. The first-order valence-electron chi connectivity index (χ1n) is 11.1. The summed E-state index contributed by atoms with van der Waals surface area (Å²) >= 11 is 5.71. The maximum absolute atomic E-state index is 14.6. The molecule has 7 nitrogen and oxygen atoms in total. The molecule has 0 saturated carbocycles. The summed E-state index contributed by atoms with van der Waals surface area (Å²) in [5.41, 5.74) is -7.53. The van der Waals surface area contributed by atoms with Crippen LogP contribution in [0.25, 0.3) is 0 Å². The molecule has 41 heavy (non-hydrogen) atoms. The van der Waals surface area contributed by atoms with Gasteiger partial charge in [-0.25, -0.2) is 4.39 Å². The first-order valence-corrected chi connectivity index (χ1v) is 12.7. The standard InChI is InChI=1S/C25H18Br2F7N3O4/c1-35(21(38)13-7-9-37(40)10-8-13)18-6-4-5-15(20(18)41-3)22(39)36(2)19-16(26)11-14(12-17(19)27)23(28,24(29,30)31)25(32,33)34/h4-12H,1-3H3. The van der Waals surface area contributed by atoms with Crippen LogP contribution in [0.5, 0.6) is 5.75 Å². The van der Waals surface area contributed by atoms with Crippen LogP contribution in [0.15, 0.2) is 63.8 Å². The number of anilines is 2. The van der Waals surface area contributed by atoms with Gasteiger partial charge in [0.15, 0.2) is 18.1 Å². The number of amides is 2. The van der Waals surface area contributed by atoms with Crippen molar-refractivity contribution in [3.8, 4) is 5.75 Å². The van der Waals surface area contributed by atoms with E-state index in [-0.39, 0.29) is 40.4 Å². The highest BCUT2D eigenvalue weighted by Crippen LogP contribution is 2.55. The Bertz CT molecular complexity index is 1440. The van der Waals surface area contributed by atoms with Gasteiger partial charge in [0.1, 0.15) is 0 Å². The van der Waals surface area contributed by atoms with E-state index in [9.17, 15) is 45.5 Å². The smallest absolute Gasteiger partial charge is 0.435 e. The first kappa shape index (κ1) is 32.1. The zero-order valence-corrected chi connectivity index (χ0v) is 24.2. The van der Waals surface area contributed by atoms with E-state index >= 15 is 0 Å². The van der Waals surface area contributed by atoms with Crippen molar-refractivity contribution in [1.29, 1.82) is 0 Å². The number of rotatable bonds is 6. The second kappa shape index (κ2) is 11.5. The van der Waals surface area contributed by atoms with Crippen molar-refractivity contribution in [2.24, 2.45) is 0 Å². The van der Waals surface area contributed by atoms with Crippen molar-refractivity contribution in [3.05, 3.63) is 85.7 Å². The molecule has 0 saturated heterocycles. The number of alkyl halides is 7. The molecule has 0 fully saturated rings. The number of ether oxygens (including phenoxy) is 1. The van der Waals surface area contributed by atoms with Crippen LogP contribution in [-0.4, -0.2) is 45.4 Å². The van der Waals surface area contributed by atoms with E-state index in [1.165, 1.54) is 51.5 Å². The van der Waals surface area contributed by atoms with Gasteiger partial charge in [0.05, 0.1) is 29.6 Å². The lowest BCUT2D eigenvalue weighted by molar-refractivity contribution is -0.605. The summed E-state index contributed by atoms with van der Waals surface area (Å²) in [5, 5.41) is 11.3. The van der Waals surface area contributed by atoms with Crippen LogP contribution in [0.2, 0.25) is 0 Å². The number of hydrogen-bond acceptors (Lipinski definition) is 4. The molecule has 0 unspecified atom stereocenters. The number of halogens is 9. The molecule has 0 N–H and O–H groups in total. The van der Waals surface area contributed by atoms with Gasteiger partial charge in [0.2, 0.25) is 0 Å². The fourth-order valence-corrected chi connectivity index (χ4v) is 5.60. The average molecular weight is 717 g/mol. The Kier molecular flexibility index (Phi) is 8.98. The lowest BCUT2D eigenvalue weighted by atomic mass is 9.94. The SMILES string of the molecule is COc1c(C(=O)N(C)c2c(Br)cc(C(F)(C(F)(F)F)C(F)(F)F)cc2Br)cccc1N(C)C(=O)c1cc[n+]([O-])cc1. The molecule has 0 aliphatic carbocycles. The lowest BCUT2D eigenvalue weighted by Gasteiger charge is -2.31. The van der Waals surface area contributed by atoms with Gasteiger partial charge >= 0.3 is 18.0 Å². The molecule has 0 atom stereocenters. The van der Waals surface area contributed by atoms with Gasteiger partial charge < -0.3 is 19.7 Å². The van der Waals surface area contributed by atoms with Gasteiger partial charge in [0, 0.05) is 40.7 Å². The van der Waals surface area contributed by atoms with E-state index in [1.54, 1.807) is 0 Å². The van der Waals surface area contributed by atoms with E-state index in [0.717, 1.165) is 22.2 Å². The topological polar surface area (TPSA) is 76.8 Å². The minimum Gasteiger partial charge on any atom is -0.619 e. The number of benzene rings is 2. The van der Waals surface area contributed by atoms with Crippen LogP contribution in [0.4, 0.5) is 42.1 Å². The highest BCUT2D eigenvalue weighted by Gasteiger charge is 2.73. The highest BCUT2D eigenvalue weighted by atomic mass is 79.9. The maximum Gasteiger partial charge on any atom is 0.435 e. The third-order valence-corrected chi connectivity index (χ3v) is 7.19. The number of methoxy groups -OCH3 is 1. The predicted molar refractivity (Wildman–Crippen MR) is 141 cm³/mol. The molecule has 0 spiro atoms. The van der Waals surface area contributed by atoms with Gasteiger partial charge in [-0.1, -0.05) is 6.07 Å². The summed E-state index contributed by atoms with van der Waals surface area (Å²) in [6, 6.07) is 7.33. The second-order valence-electron chi connectivity index (χ2n) is 8.48. The van der Waals surface area contributed by atoms with Crippen LogP contribution >= 0.6 is 31.9 Å². The Balaban J connectivity index is 2.05. The zero-order valence-electron chi connectivity index (χ0n) is 21.1. The van der Waals surface area contributed by atoms with Crippen LogP contribution in [0.1, 0.15) is 26.3 Å². The maximum atomic E-state index is 14.6. The number of nitrogens with zero attached hydrogens (tertiary/aromatic N) is 3. The Labute approximate surface area is 244 Å². The molecule has 3 aromatic rings. The Morgan fingerprint density at radius 2 is 1.37 bits per heavy atom.